The third-order valence-electron chi connectivity index (χ3n) is 3.27. The lowest BCUT2D eigenvalue weighted by Crippen LogP contribution is -2.36. The fourth-order valence-corrected chi connectivity index (χ4v) is 2.35. The summed E-state index contributed by atoms with van der Waals surface area (Å²) in [6.45, 7) is 0.544. The Morgan fingerprint density at radius 1 is 1.42 bits per heavy atom. The first-order valence-corrected chi connectivity index (χ1v) is 5.98. The summed E-state index contributed by atoms with van der Waals surface area (Å²) in [5, 5.41) is 0. The molecule has 1 aromatic heterocycles. The van der Waals surface area contributed by atoms with Crippen molar-refractivity contribution >= 4 is 11.6 Å². The van der Waals surface area contributed by atoms with Crippen molar-refractivity contribution in [2.75, 3.05) is 11.4 Å². The van der Waals surface area contributed by atoms with E-state index in [0.717, 1.165) is 5.69 Å². The Hall–Kier alpha value is -2.37. The van der Waals surface area contributed by atoms with Crippen LogP contribution in [-0.2, 0) is 7.05 Å². The van der Waals surface area contributed by atoms with Gasteiger partial charge in [-0.3, -0.25) is 4.99 Å². The van der Waals surface area contributed by atoms with Crippen molar-refractivity contribution in [2.45, 2.75) is 6.04 Å². The number of halogens is 1. The highest BCUT2D eigenvalue weighted by Gasteiger charge is 2.30. The molecule has 1 unspecified atom stereocenters. The number of imidazole rings is 1. The minimum atomic E-state index is -0.291. The maximum absolute atomic E-state index is 13.4. The van der Waals surface area contributed by atoms with Crippen LogP contribution in [0, 0.1) is 5.82 Å². The Morgan fingerprint density at radius 3 is 2.95 bits per heavy atom. The van der Waals surface area contributed by atoms with E-state index < -0.39 is 0 Å². The van der Waals surface area contributed by atoms with Gasteiger partial charge in [0.25, 0.3) is 0 Å². The quantitative estimate of drug-likeness (QED) is 0.887. The van der Waals surface area contributed by atoms with E-state index in [2.05, 4.69) is 9.98 Å². The van der Waals surface area contributed by atoms with Crippen molar-refractivity contribution in [3.05, 3.63) is 48.3 Å². The second kappa shape index (κ2) is 4.38. The highest BCUT2D eigenvalue weighted by atomic mass is 19.1. The van der Waals surface area contributed by atoms with E-state index in [9.17, 15) is 4.39 Å². The first-order chi connectivity index (χ1) is 9.16. The molecule has 0 aliphatic carbocycles. The molecule has 5 nitrogen and oxygen atoms in total. The van der Waals surface area contributed by atoms with Crippen LogP contribution < -0.4 is 10.6 Å². The Kier molecular flexibility index (Phi) is 2.70. The first-order valence-electron chi connectivity index (χ1n) is 5.98. The molecule has 98 valence electrons. The maximum atomic E-state index is 13.4. The topological polar surface area (TPSA) is 59.4 Å². The van der Waals surface area contributed by atoms with Crippen molar-refractivity contribution < 1.29 is 4.39 Å². The molecular formula is C13H14FN5. The zero-order valence-corrected chi connectivity index (χ0v) is 10.5. The average molecular weight is 259 g/mol. The second-order valence-corrected chi connectivity index (χ2v) is 4.49. The van der Waals surface area contributed by atoms with Crippen LogP contribution in [0.4, 0.5) is 10.1 Å². The van der Waals surface area contributed by atoms with E-state index in [0.29, 0.717) is 18.2 Å². The van der Waals surface area contributed by atoms with E-state index in [1.165, 1.54) is 12.1 Å². The molecule has 0 saturated heterocycles. The van der Waals surface area contributed by atoms with Gasteiger partial charge < -0.3 is 15.2 Å². The van der Waals surface area contributed by atoms with Crippen molar-refractivity contribution in [2.24, 2.45) is 17.8 Å². The highest BCUT2D eigenvalue weighted by Crippen LogP contribution is 2.30. The number of benzene rings is 1. The number of aliphatic imine (C=N–C) groups is 1. The third-order valence-corrected chi connectivity index (χ3v) is 3.27. The van der Waals surface area contributed by atoms with Crippen LogP contribution in [-0.4, -0.2) is 22.1 Å². The SMILES string of the molecule is Cn1cncc1C1CN=C(N)N1c1cccc(F)c1. The lowest BCUT2D eigenvalue weighted by Gasteiger charge is -2.26. The number of anilines is 1. The largest absolute Gasteiger partial charge is 0.369 e. The van der Waals surface area contributed by atoms with Gasteiger partial charge in [0.05, 0.1) is 30.8 Å². The summed E-state index contributed by atoms with van der Waals surface area (Å²) in [4.78, 5) is 10.2. The van der Waals surface area contributed by atoms with Crippen LogP contribution in [0.5, 0.6) is 0 Å². The third kappa shape index (κ3) is 1.95. The average Bonchev–Trinajstić information content (AvgIpc) is 2.95. The van der Waals surface area contributed by atoms with Gasteiger partial charge >= 0.3 is 0 Å². The Bertz CT molecular complexity index is 633. The predicted octanol–water partition coefficient (Wildman–Crippen LogP) is 1.44. The van der Waals surface area contributed by atoms with Crippen LogP contribution in [0.25, 0.3) is 0 Å². The van der Waals surface area contributed by atoms with Crippen LogP contribution in [0.2, 0.25) is 0 Å². The molecule has 2 aromatic rings. The van der Waals surface area contributed by atoms with Crippen LogP contribution in [0.15, 0.2) is 41.8 Å². The second-order valence-electron chi connectivity index (χ2n) is 4.49. The summed E-state index contributed by atoms with van der Waals surface area (Å²) in [5.41, 5.74) is 7.62. The van der Waals surface area contributed by atoms with E-state index in [1.54, 1.807) is 18.6 Å². The summed E-state index contributed by atoms with van der Waals surface area (Å²) < 4.78 is 15.3. The number of aryl methyl sites for hydroxylation is 1. The van der Waals surface area contributed by atoms with Crippen molar-refractivity contribution in [1.29, 1.82) is 0 Å². The van der Waals surface area contributed by atoms with Gasteiger partial charge in [0.2, 0.25) is 0 Å². The van der Waals surface area contributed by atoms with E-state index in [4.69, 9.17) is 5.73 Å². The molecule has 1 aromatic carbocycles. The number of rotatable bonds is 2. The highest BCUT2D eigenvalue weighted by molar-refractivity contribution is 5.97. The molecule has 3 rings (SSSR count). The minimum Gasteiger partial charge on any atom is -0.369 e. The fraction of sp³-hybridized carbons (Fsp3) is 0.231. The van der Waals surface area contributed by atoms with Gasteiger partial charge in [-0.15, -0.1) is 0 Å². The maximum Gasteiger partial charge on any atom is 0.196 e. The molecule has 0 radical (unpaired) electrons. The van der Waals surface area contributed by atoms with E-state index in [1.807, 2.05) is 22.6 Å². The Balaban J connectivity index is 2.02. The number of hydrogen-bond acceptors (Lipinski definition) is 4. The molecule has 2 N–H and O–H groups in total. The molecule has 6 heteroatoms. The molecule has 2 heterocycles. The Morgan fingerprint density at radius 2 is 2.26 bits per heavy atom. The molecule has 1 aliphatic heterocycles. The molecule has 1 atom stereocenters. The van der Waals surface area contributed by atoms with Crippen molar-refractivity contribution in [1.82, 2.24) is 9.55 Å². The first kappa shape index (κ1) is 11.7. The van der Waals surface area contributed by atoms with Crippen LogP contribution in [0.1, 0.15) is 11.7 Å². The number of guanidine groups is 1. The normalized spacial score (nSPS) is 18.7. The summed E-state index contributed by atoms with van der Waals surface area (Å²) in [6, 6.07) is 6.30. The lowest BCUT2D eigenvalue weighted by atomic mass is 10.1. The van der Waals surface area contributed by atoms with E-state index >= 15 is 0 Å². The lowest BCUT2D eigenvalue weighted by molar-refractivity contribution is 0.625. The Labute approximate surface area is 110 Å². The van der Waals surface area contributed by atoms with Crippen molar-refractivity contribution in [3.63, 3.8) is 0 Å². The molecule has 0 spiro atoms. The molecule has 1 aliphatic rings. The van der Waals surface area contributed by atoms with Gasteiger partial charge in [0.1, 0.15) is 5.82 Å². The van der Waals surface area contributed by atoms with Gasteiger partial charge in [-0.25, -0.2) is 9.37 Å². The standard InChI is InChI=1S/C13H14FN5/c1-18-8-16-6-11(18)12-7-17-13(15)19(12)10-4-2-3-9(14)5-10/h2-6,8,12H,7H2,1H3,(H2,15,17). The summed E-state index contributed by atoms with van der Waals surface area (Å²) in [6.07, 6.45) is 3.51. The van der Waals surface area contributed by atoms with Crippen LogP contribution in [0.3, 0.4) is 0 Å². The van der Waals surface area contributed by atoms with Gasteiger partial charge in [0.15, 0.2) is 5.96 Å². The number of hydrogen-bond donors (Lipinski definition) is 1. The van der Waals surface area contributed by atoms with Gasteiger partial charge in [-0.05, 0) is 18.2 Å². The van der Waals surface area contributed by atoms with Gasteiger partial charge in [-0.2, -0.15) is 0 Å². The number of nitrogens with zero attached hydrogens (tertiary/aromatic N) is 4. The molecule has 0 saturated carbocycles. The van der Waals surface area contributed by atoms with Crippen molar-refractivity contribution in [3.8, 4) is 0 Å². The molecule has 0 bridgehead atoms. The monoisotopic (exact) mass is 259 g/mol. The number of nitrogens with two attached hydrogens (primary N) is 1. The summed E-state index contributed by atoms with van der Waals surface area (Å²) in [5.74, 6) is 0.109. The minimum absolute atomic E-state index is 0.0469. The molecule has 0 amide bonds. The summed E-state index contributed by atoms with van der Waals surface area (Å²) >= 11 is 0. The van der Waals surface area contributed by atoms with E-state index in [-0.39, 0.29) is 11.9 Å². The molecule has 0 fully saturated rings. The van der Waals surface area contributed by atoms with Gasteiger partial charge in [0, 0.05) is 12.7 Å². The van der Waals surface area contributed by atoms with Crippen LogP contribution >= 0.6 is 0 Å². The fourth-order valence-electron chi connectivity index (χ4n) is 2.35. The van der Waals surface area contributed by atoms with Gasteiger partial charge in [-0.1, -0.05) is 6.07 Å². The zero-order valence-electron chi connectivity index (χ0n) is 10.5. The predicted molar refractivity (Wildman–Crippen MR) is 71.3 cm³/mol. The number of aromatic nitrogens is 2. The summed E-state index contributed by atoms with van der Waals surface area (Å²) in [7, 11) is 1.92. The molecular weight excluding hydrogens is 245 g/mol. The molecule has 19 heavy (non-hydrogen) atoms. The zero-order chi connectivity index (χ0) is 13.4. The smallest absolute Gasteiger partial charge is 0.196 e.